The van der Waals surface area contributed by atoms with Gasteiger partial charge in [0.2, 0.25) is 0 Å². The lowest BCUT2D eigenvalue weighted by Gasteiger charge is -2.27. The SMILES string of the molecule is CCc1nnc2n1CCN(C(=O)c1coc(Br)c1)C2. The summed E-state index contributed by atoms with van der Waals surface area (Å²) < 4.78 is 7.76. The zero-order valence-electron chi connectivity index (χ0n) is 10.5. The van der Waals surface area contributed by atoms with Crippen LogP contribution in [0, 0.1) is 0 Å². The Morgan fingerprint density at radius 2 is 2.32 bits per heavy atom. The first-order valence-corrected chi connectivity index (χ1v) is 6.92. The molecule has 0 radical (unpaired) electrons. The molecular formula is C12H13BrN4O2. The van der Waals surface area contributed by atoms with E-state index in [2.05, 4.69) is 37.6 Å². The molecule has 0 fully saturated rings. The van der Waals surface area contributed by atoms with Crippen LogP contribution in [-0.4, -0.2) is 32.1 Å². The third-order valence-corrected chi connectivity index (χ3v) is 3.66. The molecule has 19 heavy (non-hydrogen) atoms. The lowest BCUT2D eigenvalue weighted by molar-refractivity contribution is 0.0706. The van der Waals surface area contributed by atoms with Crippen LogP contribution in [0.2, 0.25) is 0 Å². The Labute approximate surface area is 118 Å². The summed E-state index contributed by atoms with van der Waals surface area (Å²) in [5.74, 6) is 1.79. The van der Waals surface area contributed by atoms with E-state index in [1.807, 2.05) is 0 Å². The van der Waals surface area contributed by atoms with Crippen molar-refractivity contribution in [3.8, 4) is 0 Å². The summed E-state index contributed by atoms with van der Waals surface area (Å²) in [6.07, 6.45) is 2.32. The van der Waals surface area contributed by atoms with Crippen LogP contribution in [0.15, 0.2) is 21.4 Å². The minimum Gasteiger partial charge on any atom is -0.457 e. The summed E-state index contributed by atoms with van der Waals surface area (Å²) in [4.78, 5) is 14.1. The van der Waals surface area contributed by atoms with Gasteiger partial charge in [-0.05, 0) is 15.9 Å². The predicted octanol–water partition coefficient (Wildman–Crippen LogP) is 1.85. The molecule has 0 N–H and O–H groups in total. The topological polar surface area (TPSA) is 64.2 Å². The van der Waals surface area contributed by atoms with Gasteiger partial charge >= 0.3 is 0 Å². The number of furan rings is 1. The minimum absolute atomic E-state index is 0.0400. The maximum absolute atomic E-state index is 12.3. The van der Waals surface area contributed by atoms with E-state index in [-0.39, 0.29) is 5.91 Å². The molecule has 0 saturated carbocycles. The van der Waals surface area contributed by atoms with E-state index < -0.39 is 0 Å². The number of rotatable bonds is 2. The molecule has 100 valence electrons. The van der Waals surface area contributed by atoms with Crippen molar-refractivity contribution < 1.29 is 9.21 Å². The fourth-order valence-corrected chi connectivity index (χ4v) is 2.60. The van der Waals surface area contributed by atoms with Crippen molar-refractivity contribution in [2.75, 3.05) is 6.54 Å². The molecule has 0 unspecified atom stereocenters. The van der Waals surface area contributed by atoms with Crippen molar-refractivity contribution in [3.63, 3.8) is 0 Å². The molecule has 3 rings (SSSR count). The van der Waals surface area contributed by atoms with Crippen LogP contribution >= 0.6 is 15.9 Å². The molecule has 1 aliphatic rings. The van der Waals surface area contributed by atoms with Gasteiger partial charge in [-0.15, -0.1) is 10.2 Å². The maximum atomic E-state index is 12.3. The van der Waals surface area contributed by atoms with Gasteiger partial charge in [0.15, 0.2) is 10.5 Å². The lowest BCUT2D eigenvalue weighted by Crippen LogP contribution is -2.38. The highest BCUT2D eigenvalue weighted by Gasteiger charge is 2.25. The second kappa shape index (κ2) is 4.80. The Balaban J connectivity index is 1.80. The highest BCUT2D eigenvalue weighted by atomic mass is 79.9. The van der Waals surface area contributed by atoms with Crippen molar-refractivity contribution >= 4 is 21.8 Å². The largest absolute Gasteiger partial charge is 0.457 e. The second-order valence-corrected chi connectivity index (χ2v) is 5.19. The molecule has 6 nitrogen and oxygen atoms in total. The fraction of sp³-hybridized carbons (Fsp3) is 0.417. The van der Waals surface area contributed by atoms with Crippen LogP contribution in [0.25, 0.3) is 0 Å². The average Bonchev–Trinajstić information content (AvgIpc) is 3.03. The summed E-state index contributed by atoms with van der Waals surface area (Å²) in [5, 5.41) is 8.28. The molecule has 0 aromatic carbocycles. The highest BCUT2D eigenvalue weighted by Crippen LogP contribution is 2.19. The molecule has 0 atom stereocenters. The van der Waals surface area contributed by atoms with Crippen molar-refractivity contribution in [3.05, 3.63) is 34.2 Å². The van der Waals surface area contributed by atoms with Crippen molar-refractivity contribution in [1.29, 1.82) is 0 Å². The lowest BCUT2D eigenvalue weighted by atomic mass is 10.2. The summed E-state index contributed by atoms with van der Waals surface area (Å²) in [6, 6.07) is 1.68. The first kappa shape index (κ1) is 12.4. The van der Waals surface area contributed by atoms with E-state index in [9.17, 15) is 4.79 Å². The van der Waals surface area contributed by atoms with Gasteiger partial charge < -0.3 is 13.9 Å². The molecule has 0 spiro atoms. The van der Waals surface area contributed by atoms with Crippen LogP contribution in [0.4, 0.5) is 0 Å². The van der Waals surface area contributed by atoms with Crippen molar-refractivity contribution in [2.45, 2.75) is 26.4 Å². The standard InChI is InChI=1S/C12H13BrN4O2/c1-2-10-14-15-11-6-16(3-4-17(10)11)12(18)8-5-9(13)19-7-8/h5,7H,2-4,6H2,1H3. The van der Waals surface area contributed by atoms with E-state index in [0.29, 0.717) is 23.3 Å². The van der Waals surface area contributed by atoms with Gasteiger partial charge in [-0.2, -0.15) is 0 Å². The Bertz CT molecular complexity index is 619. The highest BCUT2D eigenvalue weighted by molar-refractivity contribution is 9.10. The van der Waals surface area contributed by atoms with Gasteiger partial charge in [0, 0.05) is 25.6 Å². The maximum Gasteiger partial charge on any atom is 0.257 e. The molecule has 3 heterocycles. The first-order chi connectivity index (χ1) is 9.19. The normalized spacial score (nSPS) is 14.5. The zero-order valence-corrected chi connectivity index (χ0v) is 12.1. The summed E-state index contributed by atoms with van der Waals surface area (Å²) in [5.41, 5.74) is 0.551. The van der Waals surface area contributed by atoms with Gasteiger partial charge in [-0.3, -0.25) is 4.79 Å². The number of aromatic nitrogens is 3. The number of aryl methyl sites for hydroxylation is 1. The van der Waals surface area contributed by atoms with Crippen LogP contribution < -0.4 is 0 Å². The Hall–Kier alpha value is -1.63. The van der Waals surface area contributed by atoms with Gasteiger partial charge in [-0.1, -0.05) is 6.92 Å². The van der Waals surface area contributed by atoms with Crippen LogP contribution in [0.5, 0.6) is 0 Å². The average molecular weight is 325 g/mol. The fourth-order valence-electron chi connectivity index (χ4n) is 2.26. The number of carbonyl (C=O) groups excluding carboxylic acids is 1. The van der Waals surface area contributed by atoms with Crippen LogP contribution in [0.1, 0.15) is 28.9 Å². The van der Waals surface area contributed by atoms with Crippen molar-refractivity contribution in [1.82, 2.24) is 19.7 Å². The molecule has 0 saturated heterocycles. The summed E-state index contributed by atoms with van der Waals surface area (Å²) in [6.45, 7) is 3.96. The molecule has 1 aliphatic heterocycles. The van der Waals surface area contributed by atoms with Gasteiger partial charge in [-0.25, -0.2) is 0 Å². The molecule has 7 heteroatoms. The minimum atomic E-state index is -0.0400. The van der Waals surface area contributed by atoms with Crippen LogP contribution in [-0.2, 0) is 19.5 Å². The quantitative estimate of drug-likeness (QED) is 0.845. The Morgan fingerprint density at radius 3 is 3.00 bits per heavy atom. The van der Waals surface area contributed by atoms with E-state index >= 15 is 0 Å². The Morgan fingerprint density at radius 1 is 1.47 bits per heavy atom. The van der Waals surface area contributed by atoms with E-state index in [1.165, 1.54) is 6.26 Å². The zero-order chi connectivity index (χ0) is 13.4. The van der Waals surface area contributed by atoms with Crippen LogP contribution in [0.3, 0.4) is 0 Å². The number of hydrogen-bond donors (Lipinski definition) is 0. The van der Waals surface area contributed by atoms with E-state index in [0.717, 1.165) is 24.6 Å². The summed E-state index contributed by atoms with van der Waals surface area (Å²) in [7, 11) is 0. The van der Waals surface area contributed by atoms with E-state index in [1.54, 1.807) is 11.0 Å². The molecule has 0 aliphatic carbocycles. The smallest absolute Gasteiger partial charge is 0.257 e. The number of fused-ring (bicyclic) bond motifs is 1. The monoisotopic (exact) mass is 324 g/mol. The van der Waals surface area contributed by atoms with Gasteiger partial charge in [0.25, 0.3) is 5.91 Å². The second-order valence-electron chi connectivity index (χ2n) is 4.40. The third kappa shape index (κ3) is 2.18. The third-order valence-electron chi connectivity index (χ3n) is 3.25. The summed E-state index contributed by atoms with van der Waals surface area (Å²) >= 11 is 3.20. The number of carbonyl (C=O) groups is 1. The number of nitrogens with zero attached hydrogens (tertiary/aromatic N) is 4. The number of halogens is 1. The molecular weight excluding hydrogens is 312 g/mol. The Kier molecular flexibility index (Phi) is 3.14. The number of hydrogen-bond acceptors (Lipinski definition) is 4. The molecule has 2 aromatic rings. The van der Waals surface area contributed by atoms with E-state index in [4.69, 9.17) is 4.42 Å². The molecule has 2 aromatic heterocycles. The molecule has 0 bridgehead atoms. The molecule has 1 amide bonds. The van der Waals surface area contributed by atoms with Gasteiger partial charge in [0.1, 0.15) is 12.1 Å². The number of amides is 1. The van der Waals surface area contributed by atoms with Crippen molar-refractivity contribution in [2.24, 2.45) is 0 Å². The van der Waals surface area contributed by atoms with Gasteiger partial charge in [0.05, 0.1) is 12.1 Å². The predicted molar refractivity (Wildman–Crippen MR) is 70.5 cm³/mol. The first-order valence-electron chi connectivity index (χ1n) is 6.13.